The zero-order chi connectivity index (χ0) is 30.3. The molecule has 0 spiro atoms. The van der Waals surface area contributed by atoms with Gasteiger partial charge in [0, 0.05) is 40.3 Å². The number of fused-ring (bicyclic) bond motifs is 2. The van der Waals surface area contributed by atoms with Crippen molar-refractivity contribution in [3.8, 4) is 57.5 Å². The molecule has 0 fully saturated rings. The van der Waals surface area contributed by atoms with Crippen LogP contribution in [-0.2, 0) is 0 Å². The van der Waals surface area contributed by atoms with Crippen molar-refractivity contribution >= 4 is 0 Å². The molecule has 0 amide bonds. The molecule has 8 N–H and O–H groups in total. The number of aromatic hydroxyl groups is 8. The fraction of sp³-hybridized carbons (Fsp3) is 0.250. The average molecular weight is 577 g/mol. The smallest absolute Gasteiger partial charge is 0.157 e. The molecule has 0 aromatic heterocycles. The second kappa shape index (κ2) is 11.0. The molecule has 2 aliphatic rings. The van der Waals surface area contributed by atoms with Crippen molar-refractivity contribution in [2.75, 3.05) is 6.61 Å². The maximum Gasteiger partial charge on any atom is 0.157 e. The minimum atomic E-state index is -0.549. The van der Waals surface area contributed by atoms with E-state index in [1.165, 1.54) is 36.4 Å². The van der Waals surface area contributed by atoms with Crippen molar-refractivity contribution in [1.82, 2.24) is 0 Å². The minimum Gasteiger partial charge on any atom is -0.507 e. The lowest BCUT2D eigenvalue weighted by Crippen LogP contribution is -2.20. The van der Waals surface area contributed by atoms with E-state index in [0.29, 0.717) is 46.6 Å². The van der Waals surface area contributed by atoms with Crippen LogP contribution in [0.2, 0.25) is 0 Å². The second-order valence-corrected chi connectivity index (χ2v) is 10.5. The molecule has 0 radical (unpaired) electrons. The van der Waals surface area contributed by atoms with Crippen LogP contribution in [0.25, 0.3) is 0 Å². The van der Waals surface area contributed by atoms with Gasteiger partial charge in [0.1, 0.15) is 40.6 Å². The molecule has 0 bridgehead atoms. The predicted octanol–water partition coefficient (Wildman–Crippen LogP) is 5.87. The van der Waals surface area contributed by atoms with Gasteiger partial charge in [-0.25, -0.2) is 0 Å². The fourth-order valence-corrected chi connectivity index (χ4v) is 5.61. The Morgan fingerprint density at radius 2 is 1.31 bits per heavy atom. The molecular formula is C32H32O10. The summed E-state index contributed by atoms with van der Waals surface area (Å²) < 4.78 is 11.8. The van der Waals surface area contributed by atoms with Gasteiger partial charge in [-0.2, -0.15) is 0 Å². The van der Waals surface area contributed by atoms with Crippen LogP contribution in [0.15, 0.2) is 54.6 Å². The predicted molar refractivity (Wildman–Crippen MR) is 152 cm³/mol. The molecule has 0 saturated heterocycles. The summed E-state index contributed by atoms with van der Waals surface area (Å²) in [5, 5.41) is 79.8. The van der Waals surface area contributed by atoms with Crippen LogP contribution in [0.1, 0.15) is 65.5 Å². The first-order valence-corrected chi connectivity index (χ1v) is 13.4. The molecular weight excluding hydrogens is 544 g/mol. The Balaban J connectivity index is 0.000000382. The van der Waals surface area contributed by atoms with Gasteiger partial charge < -0.3 is 50.3 Å². The van der Waals surface area contributed by atoms with Gasteiger partial charge in [0.15, 0.2) is 23.0 Å². The fourth-order valence-electron chi connectivity index (χ4n) is 5.61. The zero-order valence-corrected chi connectivity index (χ0v) is 22.9. The van der Waals surface area contributed by atoms with Crippen molar-refractivity contribution in [3.05, 3.63) is 82.4 Å². The van der Waals surface area contributed by atoms with Crippen molar-refractivity contribution in [3.63, 3.8) is 0 Å². The van der Waals surface area contributed by atoms with Crippen LogP contribution < -0.4 is 9.47 Å². The third kappa shape index (κ3) is 5.07. The summed E-state index contributed by atoms with van der Waals surface area (Å²) in [5.41, 5.74) is 2.38. The summed E-state index contributed by atoms with van der Waals surface area (Å²) in [5.74, 6) is -1.20. The van der Waals surface area contributed by atoms with E-state index in [2.05, 4.69) is 0 Å². The largest absolute Gasteiger partial charge is 0.507 e. The third-order valence-corrected chi connectivity index (χ3v) is 7.77. The molecule has 220 valence electrons. The van der Waals surface area contributed by atoms with E-state index >= 15 is 0 Å². The van der Waals surface area contributed by atoms with Crippen molar-refractivity contribution in [2.45, 2.75) is 44.6 Å². The Hall–Kier alpha value is -5.12. The van der Waals surface area contributed by atoms with Gasteiger partial charge in [-0.1, -0.05) is 25.1 Å². The van der Waals surface area contributed by atoms with Crippen LogP contribution in [0.3, 0.4) is 0 Å². The molecule has 2 unspecified atom stereocenters. The van der Waals surface area contributed by atoms with E-state index in [1.807, 2.05) is 6.92 Å². The number of hydrogen-bond donors (Lipinski definition) is 8. The van der Waals surface area contributed by atoms with Crippen LogP contribution in [-0.4, -0.2) is 47.5 Å². The molecule has 0 aliphatic carbocycles. The van der Waals surface area contributed by atoms with Crippen LogP contribution in [0.4, 0.5) is 0 Å². The van der Waals surface area contributed by atoms with Gasteiger partial charge in [0.25, 0.3) is 0 Å². The van der Waals surface area contributed by atoms with E-state index in [4.69, 9.17) is 19.7 Å². The number of benzene rings is 4. The van der Waals surface area contributed by atoms with Crippen LogP contribution in [0.5, 0.6) is 57.5 Å². The summed E-state index contributed by atoms with van der Waals surface area (Å²) >= 11 is 0. The SMILES string of the molecule is Cc1c(O)cc(O)c2c1OCCC2c1c(O)cc2c(c1O)C(C)C[C@@H](c1ccc(O)c(O)c1)O2.Oc1ccccc1O. The zero-order valence-electron chi connectivity index (χ0n) is 22.9. The number of rotatable bonds is 2. The Morgan fingerprint density at radius 1 is 0.667 bits per heavy atom. The summed E-state index contributed by atoms with van der Waals surface area (Å²) in [6.07, 6.45) is 0.463. The van der Waals surface area contributed by atoms with Crippen LogP contribution >= 0.6 is 0 Å². The lowest BCUT2D eigenvalue weighted by atomic mass is 9.80. The Kier molecular flexibility index (Phi) is 7.47. The molecule has 42 heavy (non-hydrogen) atoms. The highest BCUT2D eigenvalue weighted by atomic mass is 16.5. The summed E-state index contributed by atoms with van der Waals surface area (Å²) in [6.45, 7) is 3.91. The quantitative estimate of drug-likeness (QED) is 0.135. The number of para-hydroxylation sites is 2. The van der Waals surface area contributed by atoms with Crippen molar-refractivity contribution in [2.24, 2.45) is 0 Å². The Morgan fingerprint density at radius 3 is 1.95 bits per heavy atom. The van der Waals surface area contributed by atoms with Crippen LogP contribution in [0, 0.1) is 6.92 Å². The Labute approximate surface area is 241 Å². The highest BCUT2D eigenvalue weighted by Crippen LogP contribution is 2.56. The maximum absolute atomic E-state index is 11.3. The summed E-state index contributed by atoms with van der Waals surface area (Å²) in [6, 6.07) is 13.3. The first kappa shape index (κ1) is 28.4. The molecule has 10 heteroatoms. The Bertz CT molecular complexity index is 1630. The van der Waals surface area contributed by atoms with E-state index in [0.717, 1.165) is 0 Å². The first-order chi connectivity index (χ1) is 20.0. The molecule has 2 heterocycles. The number of phenolic OH excluding ortho intramolecular Hbond substituents is 8. The molecule has 6 rings (SSSR count). The number of hydrogen-bond acceptors (Lipinski definition) is 10. The molecule has 4 aromatic carbocycles. The summed E-state index contributed by atoms with van der Waals surface area (Å²) in [4.78, 5) is 0. The topological polar surface area (TPSA) is 180 Å². The van der Waals surface area contributed by atoms with Gasteiger partial charge in [0.05, 0.1) is 6.61 Å². The monoisotopic (exact) mass is 576 g/mol. The van der Waals surface area contributed by atoms with Gasteiger partial charge in [-0.3, -0.25) is 0 Å². The van der Waals surface area contributed by atoms with E-state index in [-0.39, 0.29) is 64.1 Å². The number of phenols is 8. The van der Waals surface area contributed by atoms with Gasteiger partial charge >= 0.3 is 0 Å². The third-order valence-electron chi connectivity index (χ3n) is 7.77. The average Bonchev–Trinajstić information content (AvgIpc) is 2.94. The molecule has 2 aliphatic heterocycles. The molecule has 3 atom stereocenters. The molecule has 10 nitrogen and oxygen atoms in total. The highest BCUT2D eigenvalue weighted by Gasteiger charge is 2.37. The number of ether oxygens (including phenoxy) is 2. The lowest BCUT2D eigenvalue weighted by Gasteiger charge is -2.34. The second-order valence-electron chi connectivity index (χ2n) is 10.5. The maximum atomic E-state index is 11.3. The van der Waals surface area contributed by atoms with E-state index < -0.39 is 12.0 Å². The molecule has 0 saturated carbocycles. The van der Waals surface area contributed by atoms with Gasteiger partial charge in [-0.15, -0.1) is 0 Å². The molecule has 4 aromatic rings. The lowest BCUT2D eigenvalue weighted by molar-refractivity contribution is 0.160. The van der Waals surface area contributed by atoms with Crippen molar-refractivity contribution in [1.29, 1.82) is 0 Å². The van der Waals surface area contributed by atoms with E-state index in [1.54, 1.807) is 25.1 Å². The van der Waals surface area contributed by atoms with Crippen molar-refractivity contribution < 1.29 is 50.3 Å². The standard InChI is InChI=1S/C26H26O8.C6H6O2/c1-11-7-20(13-3-4-15(27)17(29)8-13)34-21-10-19(31)23(25(32)22(11)21)14-5-6-33-26-12(2)16(28)9-18(30)24(14)26;7-5-3-1-2-4-6(5)8/h3-4,8-11,14,20,27-32H,5-7H2,1-2H3;1-4,7-8H/t11?,14?,20-;/m0./s1. The van der Waals surface area contributed by atoms with Gasteiger partial charge in [0.2, 0.25) is 0 Å². The highest BCUT2D eigenvalue weighted by molar-refractivity contribution is 5.66. The first-order valence-electron chi connectivity index (χ1n) is 13.4. The summed E-state index contributed by atoms with van der Waals surface area (Å²) in [7, 11) is 0. The van der Waals surface area contributed by atoms with Gasteiger partial charge in [-0.05, 0) is 55.5 Å². The minimum absolute atomic E-state index is 0.0764. The normalized spacial score (nSPS) is 18.9. The van der Waals surface area contributed by atoms with E-state index in [9.17, 15) is 30.6 Å².